The first-order valence-corrected chi connectivity index (χ1v) is 11.3. The summed E-state index contributed by atoms with van der Waals surface area (Å²) in [4.78, 5) is 24.5. The Labute approximate surface area is 203 Å². The Hall–Kier alpha value is -4.33. The van der Waals surface area contributed by atoms with Crippen molar-refractivity contribution in [2.75, 3.05) is 6.61 Å². The van der Waals surface area contributed by atoms with E-state index < -0.39 is 18.5 Å². The number of hydrogen-bond acceptors (Lipinski definition) is 6. The molecule has 35 heavy (non-hydrogen) atoms. The van der Waals surface area contributed by atoms with Gasteiger partial charge in [-0.05, 0) is 43.7 Å². The molecule has 8 nitrogen and oxygen atoms in total. The highest BCUT2D eigenvalue weighted by atomic mass is 16.6. The Balaban J connectivity index is 1.24. The molecule has 2 heterocycles. The summed E-state index contributed by atoms with van der Waals surface area (Å²) in [7, 11) is 0. The minimum Gasteiger partial charge on any atom is -0.486 e. The van der Waals surface area contributed by atoms with Gasteiger partial charge in [-0.3, -0.25) is 9.48 Å². The van der Waals surface area contributed by atoms with E-state index in [2.05, 4.69) is 10.4 Å². The van der Waals surface area contributed by atoms with Crippen LogP contribution in [0.4, 0.5) is 0 Å². The molecule has 0 spiro atoms. The predicted octanol–water partition coefficient (Wildman–Crippen LogP) is 4.19. The Kier molecular flexibility index (Phi) is 7.62. The van der Waals surface area contributed by atoms with Crippen molar-refractivity contribution in [3.05, 3.63) is 107 Å². The summed E-state index contributed by atoms with van der Waals surface area (Å²) in [5.41, 5.74) is 3.91. The highest BCUT2D eigenvalue weighted by Gasteiger charge is 2.16. The molecule has 180 valence electrons. The van der Waals surface area contributed by atoms with E-state index in [1.54, 1.807) is 6.07 Å². The van der Waals surface area contributed by atoms with Crippen molar-refractivity contribution >= 4 is 11.9 Å². The second-order valence-corrected chi connectivity index (χ2v) is 8.01. The van der Waals surface area contributed by atoms with E-state index in [1.807, 2.05) is 79.2 Å². The minimum absolute atomic E-state index is 0.0124. The van der Waals surface area contributed by atoms with Crippen LogP contribution in [0.15, 0.2) is 77.2 Å². The molecule has 4 rings (SSSR count). The molecule has 2 aromatic heterocycles. The molecule has 2 aromatic carbocycles. The molecule has 0 atom stereocenters. The van der Waals surface area contributed by atoms with Crippen LogP contribution in [0.1, 0.15) is 38.8 Å². The van der Waals surface area contributed by atoms with Crippen LogP contribution in [0, 0.1) is 13.8 Å². The van der Waals surface area contributed by atoms with Crippen LogP contribution in [0.3, 0.4) is 0 Å². The van der Waals surface area contributed by atoms with E-state index in [0.29, 0.717) is 24.6 Å². The second kappa shape index (κ2) is 11.2. The molecule has 8 heteroatoms. The first kappa shape index (κ1) is 23.8. The average molecular weight is 474 g/mol. The van der Waals surface area contributed by atoms with Gasteiger partial charge in [0, 0.05) is 17.8 Å². The molecule has 0 bridgehead atoms. The quantitative estimate of drug-likeness (QED) is 0.347. The van der Waals surface area contributed by atoms with Crippen LogP contribution in [-0.2, 0) is 29.2 Å². The van der Waals surface area contributed by atoms with Crippen molar-refractivity contribution in [1.29, 1.82) is 0 Å². The number of amides is 1. The number of aromatic nitrogens is 2. The first-order valence-electron chi connectivity index (χ1n) is 11.3. The van der Waals surface area contributed by atoms with Crippen molar-refractivity contribution in [2.45, 2.75) is 33.5 Å². The lowest BCUT2D eigenvalue weighted by Crippen LogP contribution is -2.28. The van der Waals surface area contributed by atoms with E-state index in [1.165, 1.54) is 6.07 Å². The van der Waals surface area contributed by atoms with Gasteiger partial charge in [-0.2, -0.15) is 5.10 Å². The second-order valence-electron chi connectivity index (χ2n) is 8.01. The Morgan fingerprint density at radius 2 is 1.69 bits per heavy atom. The lowest BCUT2D eigenvalue weighted by molar-refractivity contribution is -0.124. The van der Waals surface area contributed by atoms with Crippen LogP contribution in [0.2, 0.25) is 0 Å². The number of aryl methyl sites for hydroxylation is 1. The zero-order valence-corrected chi connectivity index (χ0v) is 19.7. The number of nitrogens with one attached hydrogen (secondary N) is 1. The zero-order valence-electron chi connectivity index (χ0n) is 19.7. The molecule has 1 N–H and O–H groups in total. The molecule has 0 fully saturated rings. The molecule has 0 aliphatic heterocycles. The lowest BCUT2D eigenvalue weighted by atomic mass is 10.2. The Bertz CT molecular complexity index is 1280. The van der Waals surface area contributed by atoms with E-state index in [0.717, 1.165) is 22.5 Å². The monoisotopic (exact) mass is 473 g/mol. The van der Waals surface area contributed by atoms with Crippen LogP contribution in [0.25, 0.3) is 0 Å². The van der Waals surface area contributed by atoms with Gasteiger partial charge in [0.15, 0.2) is 6.61 Å². The van der Waals surface area contributed by atoms with Gasteiger partial charge >= 0.3 is 5.97 Å². The largest absolute Gasteiger partial charge is 0.486 e. The number of esters is 1. The summed E-state index contributed by atoms with van der Waals surface area (Å²) < 4.78 is 18.1. The maximum absolute atomic E-state index is 12.3. The van der Waals surface area contributed by atoms with Gasteiger partial charge in [0.1, 0.15) is 18.1 Å². The Morgan fingerprint density at radius 1 is 0.971 bits per heavy atom. The smallest absolute Gasteiger partial charge is 0.374 e. The fourth-order valence-corrected chi connectivity index (χ4v) is 3.58. The summed E-state index contributed by atoms with van der Waals surface area (Å²) in [5.74, 6) is 0.0594. The number of carbonyl (C=O) groups is 2. The number of ether oxygens (including phenoxy) is 2. The van der Waals surface area contributed by atoms with Crippen molar-refractivity contribution in [1.82, 2.24) is 15.1 Å². The van der Waals surface area contributed by atoms with Crippen molar-refractivity contribution in [3.63, 3.8) is 0 Å². The van der Waals surface area contributed by atoms with Gasteiger partial charge in [-0.15, -0.1) is 0 Å². The average Bonchev–Trinajstić information content (AvgIpc) is 3.45. The van der Waals surface area contributed by atoms with Crippen LogP contribution >= 0.6 is 0 Å². The molecule has 0 radical (unpaired) electrons. The van der Waals surface area contributed by atoms with E-state index in [4.69, 9.17) is 13.9 Å². The van der Waals surface area contributed by atoms with Gasteiger partial charge in [-0.25, -0.2) is 4.79 Å². The maximum Gasteiger partial charge on any atom is 0.374 e. The molecular formula is C27H27N3O5. The van der Waals surface area contributed by atoms with Crippen LogP contribution in [-0.4, -0.2) is 28.3 Å². The summed E-state index contributed by atoms with van der Waals surface area (Å²) in [6, 6.07) is 22.5. The fourth-order valence-electron chi connectivity index (χ4n) is 3.58. The minimum atomic E-state index is -0.714. The number of carbonyl (C=O) groups excluding carboxylic acids is 2. The summed E-state index contributed by atoms with van der Waals surface area (Å²) >= 11 is 0. The van der Waals surface area contributed by atoms with Gasteiger partial charge in [0.2, 0.25) is 5.76 Å². The topological polar surface area (TPSA) is 95.6 Å². The summed E-state index contributed by atoms with van der Waals surface area (Å²) in [5, 5.41) is 7.38. The summed E-state index contributed by atoms with van der Waals surface area (Å²) in [6.07, 6.45) is 0. The zero-order chi connectivity index (χ0) is 24.6. The number of furan rings is 1. The van der Waals surface area contributed by atoms with Gasteiger partial charge in [-0.1, -0.05) is 48.5 Å². The van der Waals surface area contributed by atoms with E-state index >= 15 is 0 Å². The standard InChI is InChI=1S/C27H27N3O5/c1-19-24(20(2)30(29-19)16-21-9-5-3-6-10-21)15-28-26(31)18-34-27(32)25-14-13-23(35-25)17-33-22-11-7-4-8-12-22/h3-14H,15-18H2,1-2H3,(H,28,31). The highest BCUT2D eigenvalue weighted by molar-refractivity contribution is 5.88. The third-order valence-electron chi connectivity index (χ3n) is 5.49. The van der Waals surface area contributed by atoms with Crippen molar-refractivity contribution in [3.8, 4) is 5.75 Å². The normalized spacial score (nSPS) is 10.7. The van der Waals surface area contributed by atoms with Gasteiger partial charge < -0.3 is 19.2 Å². The lowest BCUT2D eigenvalue weighted by Gasteiger charge is -2.08. The van der Waals surface area contributed by atoms with Crippen LogP contribution < -0.4 is 10.1 Å². The third kappa shape index (κ3) is 6.38. The van der Waals surface area contributed by atoms with Crippen molar-refractivity contribution < 1.29 is 23.5 Å². The molecule has 0 aliphatic carbocycles. The fraction of sp³-hybridized carbons (Fsp3) is 0.222. The highest BCUT2D eigenvalue weighted by Crippen LogP contribution is 2.16. The predicted molar refractivity (Wildman–Crippen MR) is 129 cm³/mol. The van der Waals surface area contributed by atoms with Gasteiger partial charge in [0.05, 0.1) is 12.2 Å². The number of benzene rings is 2. The number of rotatable bonds is 10. The number of hydrogen-bond donors (Lipinski definition) is 1. The van der Waals surface area contributed by atoms with E-state index in [9.17, 15) is 9.59 Å². The third-order valence-corrected chi connectivity index (χ3v) is 5.49. The number of nitrogens with zero attached hydrogens (tertiary/aromatic N) is 2. The molecule has 4 aromatic rings. The maximum atomic E-state index is 12.3. The van der Waals surface area contributed by atoms with Gasteiger partial charge in [0.25, 0.3) is 5.91 Å². The van der Waals surface area contributed by atoms with Crippen molar-refractivity contribution in [2.24, 2.45) is 0 Å². The molecule has 0 unspecified atom stereocenters. The summed E-state index contributed by atoms with van der Waals surface area (Å²) in [6.45, 7) is 4.59. The molecular weight excluding hydrogens is 446 g/mol. The molecule has 1 amide bonds. The van der Waals surface area contributed by atoms with Crippen LogP contribution in [0.5, 0.6) is 5.75 Å². The SMILES string of the molecule is Cc1nn(Cc2ccccc2)c(C)c1CNC(=O)COC(=O)c1ccc(COc2ccccc2)o1. The Morgan fingerprint density at radius 3 is 2.43 bits per heavy atom. The molecule has 0 saturated carbocycles. The number of para-hydroxylation sites is 1. The van der Waals surface area contributed by atoms with E-state index in [-0.39, 0.29) is 12.4 Å². The molecule has 0 saturated heterocycles. The first-order chi connectivity index (χ1) is 17.0. The molecule has 0 aliphatic rings.